The van der Waals surface area contributed by atoms with Crippen molar-refractivity contribution in [2.75, 3.05) is 39.4 Å². The predicted octanol–water partition coefficient (Wildman–Crippen LogP) is 4.51. The molecule has 0 unspecified atom stereocenters. The summed E-state index contributed by atoms with van der Waals surface area (Å²) in [6.45, 7) is 3.35. The molecule has 1 N–H and O–H groups in total. The quantitative estimate of drug-likeness (QED) is 0.250. The van der Waals surface area contributed by atoms with Gasteiger partial charge < -0.3 is 4.74 Å². The van der Waals surface area contributed by atoms with Gasteiger partial charge in [-0.05, 0) is 30.3 Å². The number of fused-ring (bicyclic) bond motifs is 1. The van der Waals surface area contributed by atoms with Crippen molar-refractivity contribution < 1.29 is 39.5 Å². The minimum Gasteiger partial charge on any atom is -0.379 e. The molecule has 1 aromatic carbocycles. The Kier molecular flexibility index (Phi) is 8.32. The summed E-state index contributed by atoms with van der Waals surface area (Å²) in [5.41, 5.74) is -2.59. The summed E-state index contributed by atoms with van der Waals surface area (Å²) in [6, 6.07) is 7.13. The number of nitrogens with zero attached hydrogens (tertiary/aromatic N) is 4. The van der Waals surface area contributed by atoms with Gasteiger partial charge in [-0.15, -0.1) is 11.3 Å². The Bertz CT molecular complexity index is 1750. The van der Waals surface area contributed by atoms with Crippen LogP contribution in [0.4, 0.5) is 26.3 Å². The number of morpholine rings is 1. The molecule has 42 heavy (non-hydrogen) atoms. The van der Waals surface area contributed by atoms with Crippen LogP contribution in [0, 0.1) is 11.8 Å². The maximum Gasteiger partial charge on any atom is 0.433 e. The van der Waals surface area contributed by atoms with E-state index in [4.69, 9.17) is 4.74 Å². The molecule has 222 valence electrons. The van der Waals surface area contributed by atoms with Gasteiger partial charge >= 0.3 is 12.4 Å². The SMILES string of the molecule is O=S(=O)(NCCN1CCOCC1)c1ccc(C#Cc2cnn3c(C(F)(F)F)cc(-c4ccc(C(F)(F)F)cc4)nc23)s1. The maximum absolute atomic E-state index is 13.9. The molecule has 1 aliphatic rings. The van der Waals surface area contributed by atoms with Crippen molar-refractivity contribution in [1.29, 1.82) is 0 Å². The normalized spacial score (nSPS) is 15.1. The van der Waals surface area contributed by atoms with Crippen LogP contribution in [0.15, 0.2) is 52.9 Å². The first-order chi connectivity index (χ1) is 19.8. The first kappa shape index (κ1) is 30.0. The van der Waals surface area contributed by atoms with Gasteiger partial charge in [-0.1, -0.05) is 24.0 Å². The van der Waals surface area contributed by atoms with Crippen LogP contribution in [-0.2, 0) is 27.1 Å². The highest BCUT2D eigenvalue weighted by atomic mass is 32.2. The van der Waals surface area contributed by atoms with E-state index in [2.05, 4.69) is 31.5 Å². The Morgan fingerprint density at radius 2 is 1.69 bits per heavy atom. The number of halogens is 6. The number of nitrogens with one attached hydrogen (secondary N) is 1. The van der Waals surface area contributed by atoms with Gasteiger partial charge in [-0.2, -0.15) is 31.4 Å². The van der Waals surface area contributed by atoms with Crippen molar-refractivity contribution in [3.05, 3.63) is 70.4 Å². The molecule has 16 heteroatoms. The van der Waals surface area contributed by atoms with E-state index in [9.17, 15) is 34.8 Å². The second kappa shape index (κ2) is 11.7. The molecule has 8 nitrogen and oxygen atoms in total. The van der Waals surface area contributed by atoms with Crippen molar-refractivity contribution in [3.63, 3.8) is 0 Å². The Balaban J connectivity index is 1.40. The third-order valence-electron chi connectivity index (χ3n) is 6.26. The first-order valence-electron chi connectivity index (χ1n) is 12.4. The molecule has 0 atom stereocenters. The summed E-state index contributed by atoms with van der Waals surface area (Å²) in [4.78, 5) is 6.61. The molecule has 0 bridgehead atoms. The van der Waals surface area contributed by atoms with Crippen LogP contribution in [0.1, 0.15) is 21.7 Å². The van der Waals surface area contributed by atoms with E-state index >= 15 is 0 Å². The van der Waals surface area contributed by atoms with E-state index < -0.39 is 33.6 Å². The van der Waals surface area contributed by atoms with Gasteiger partial charge in [0.1, 0.15) is 4.21 Å². The van der Waals surface area contributed by atoms with Gasteiger partial charge in [0, 0.05) is 31.7 Å². The zero-order valence-electron chi connectivity index (χ0n) is 21.5. The zero-order chi connectivity index (χ0) is 30.1. The molecule has 0 radical (unpaired) electrons. The van der Waals surface area contributed by atoms with E-state index in [0.29, 0.717) is 35.2 Å². The zero-order valence-corrected chi connectivity index (χ0v) is 23.1. The van der Waals surface area contributed by atoms with Crippen molar-refractivity contribution in [3.8, 4) is 23.1 Å². The topological polar surface area (TPSA) is 88.8 Å². The standard InChI is InChI=1S/C26H21F6N5O3S2/c27-25(28,29)19-4-1-17(2-5-19)21-15-22(26(30,31)32)37-24(35-21)18(16-33-37)3-6-20-7-8-23(41-20)42(38,39)34-9-10-36-11-13-40-14-12-36/h1-2,4-5,7-8,15-16,34H,9-14H2. The number of hydrogen-bond acceptors (Lipinski definition) is 7. The lowest BCUT2D eigenvalue weighted by Crippen LogP contribution is -2.41. The summed E-state index contributed by atoms with van der Waals surface area (Å²) in [6.07, 6.45) is -8.38. The number of ether oxygens (including phenoxy) is 1. The fourth-order valence-electron chi connectivity index (χ4n) is 4.13. The lowest BCUT2D eigenvalue weighted by Gasteiger charge is -2.26. The number of thiophene rings is 1. The lowest BCUT2D eigenvalue weighted by molar-refractivity contribution is -0.142. The van der Waals surface area contributed by atoms with Crippen molar-refractivity contribution in [2.45, 2.75) is 16.6 Å². The van der Waals surface area contributed by atoms with Crippen molar-refractivity contribution >= 4 is 27.0 Å². The van der Waals surface area contributed by atoms with E-state index in [1.54, 1.807) is 0 Å². The molecular weight excluding hydrogens is 608 g/mol. The summed E-state index contributed by atoms with van der Waals surface area (Å²) < 4.78 is 114. The molecule has 1 saturated heterocycles. The van der Waals surface area contributed by atoms with Crippen LogP contribution >= 0.6 is 11.3 Å². The van der Waals surface area contributed by atoms with Gasteiger partial charge in [-0.3, -0.25) is 4.90 Å². The van der Waals surface area contributed by atoms with Crippen LogP contribution in [0.3, 0.4) is 0 Å². The summed E-state index contributed by atoms with van der Waals surface area (Å²) >= 11 is 0.887. The third-order valence-corrected chi connectivity index (χ3v) is 9.21. The van der Waals surface area contributed by atoms with Crippen LogP contribution in [0.2, 0.25) is 0 Å². The molecule has 4 heterocycles. The molecule has 5 rings (SSSR count). The second-order valence-corrected chi connectivity index (χ2v) is 12.2. The molecule has 4 aromatic rings. The largest absolute Gasteiger partial charge is 0.433 e. The van der Waals surface area contributed by atoms with Gasteiger partial charge in [0.25, 0.3) is 0 Å². The number of benzene rings is 1. The molecule has 0 aliphatic carbocycles. The summed E-state index contributed by atoms with van der Waals surface area (Å²) in [5.74, 6) is 5.42. The Morgan fingerprint density at radius 3 is 2.36 bits per heavy atom. The second-order valence-electron chi connectivity index (χ2n) is 9.11. The molecule has 1 fully saturated rings. The fraction of sp³-hybridized carbons (Fsp3) is 0.308. The van der Waals surface area contributed by atoms with Crippen LogP contribution < -0.4 is 4.72 Å². The molecule has 1 aliphatic heterocycles. The third kappa shape index (κ3) is 6.76. The molecular formula is C26H21F6N5O3S2. The van der Waals surface area contributed by atoms with Crippen LogP contribution in [0.5, 0.6) is 0 Å². The van der Waals surface area contributed by atoms with Crippen LogP contribution in [0.25, 0.3) is 16.9 Å². The van der Waals surface area contributed by atoms with E-state index in [1.807, 2.05) is 0 Å². The molecule has 0 saturated carbocycles. The smallest absolute Gasteiger partial charge is 0.379 e. The Morgan fingerprint density at radius 1 is 0.976 bits per heavy atom. The lowest BCUT2D eigenvalue weighted by atomic mass is 10.1. The highest BCUT2D eigenvalue weighted by Crippen LogP contribution is 2.34. The van der Waals surface area contributed by atoms with E-state index in [0.717, 1.165) is 54.9 Å². The number of hydrogen-bond donors (Lipinski definition) is 1. The highest BCUT2D eigenvalue weighted by Gasteiger charge is 2.36. The number of sulfonamides is 1. The predicted molar refractivity (Wildman–Crippen MR) is 141 cm³/mol. The average molecular weight is 630 g/mol. The van der Waals surface area contributed by atoms with Gasteiger partial charge in [0.05, 0.1) is 41.1 Å². The van der Waals surface area contributed by atoms with Gasteiger partial charge in [0.15, 0.2) is 11.3 Å². The summed E-state index contributed by atoms with van der Waals surface area (Å²) in [5, 5.41) is 3.76. The van der Waals surface area contributed by atoms with Crippen LogP contribution in [-0.4, -0.2) is 67.3 Å². The summed E-state index contributed by atoms with van der Waals surface area (Å²) in [7, 11) is -3.80. The number of aromatic nitrogens is 3. The monoisotopic (exact) mass is 629 g/mol. The average Bonchev–Trinajstić information content (AvgIpc) is 3.59. The van der Waals surface area contributed by atoms with E-state index in [-0.39, 0.29) is 33.2 Å². The van der Waals surface area contributed by atoms with Gasteiger partial charge in [-0.25, -0.2) is 22.6 Å². The Hall–Kier alpha value is -3.49. The van der Waals surface area contributed by atoms with E-state index in [1.165, 1.54) is 12.1 Å². The number of rotatable bonds is 6. The Labute approximate surface area is 240 Å². The minimum atomic E-state index is -4.86. The molecule has 0 spiro atoms. The molecule has 3 aromatic heterocycles. The highest BCUT2D eigenvalue weighted by molar-refractivity contribution is 7.91. The molecule has 0 amide bonds. The fourth-order valence-corrected chi connectivity index (χ4v) is 6.35. The minimum absolute atomic E-state index is 0.00991. The van der Waals surface area contributed by atoms with Gasteiger partial charge in [0.2, 0.25) is 10.0 Å². The first-order valence-corrected chi connectivity index (χ1v) is 14.7. The van der Waals surface area contributed by atoms with Crippen molar-refractivity contribution in [2.24, 2.45) is 0 Å². The maximum atomic E-state index is 13.9. The van der Waals surface area contributed by atoms with Crippen molar-refractivity contribution in [1.82, 2.24) is 24.2 Å². The number of alkyl halides is 6.